The molecule has 1 unspecified atom stereocenters. The number of piperidine rings is 1. The van der Waals surface area contributed by atoms with E-state index in [1.165, 1.54) is 25.7 Å². The van der Waals surface area contributed by atoms with Gasteiger partial charge in [0.1, 0.15) is 0 Å². The molecule has 2 aliphatic rings. The minimum absolute atomic E-state index is 0.0179. The second-order valence-corrected chi connectivity index (χ2v) is 6.81. The SMILES string of the molecule is O=C(CCC1CCCC1)N1CCCC(c2nnc(C(F)(F)F)o2)C1. The van der Waals surface area contributed by atoms with Gasteiger partial charge in [-0.3, -0.25) is 4.79 Å². The number of likely N-dealkylation sites (tertiary alicyclic amines) is 1. The van der Waals surface area contributed by atoms with Crippen molar-refractivity contribution in [2.75, 3.05) is 13.1 Å². The molecule has 8 heteroatoms. The summed E-state index contributed by atoms with van der Waals surface area (Å²) >= 11 is 0. The molecule has 0 radical (unpaired) electrons. The quantitative estimate of drug-likeness (QED) is 0.833. The monoisotopic (exact) mass is 345 g/mol. The van der Waals surface area contributed by atoms with Crippen molar-refractivity contribution in [2.24, 2.45) is 5.92 Å². The van der Waals surface area contributed by atoms with E-state index in [2.05, 4.69) is 10.2 Å². The number of amides is 1. The van der Waals surface area contributed by atoms with Crippen LogP contribution in [0.15, 0.2) is 4.42 Å². The van der Waals surface area contributed by atoms with E-state index in [0.717, 1.165) is 12.8 Å². The molecule has 5 nitrogen and oxygen atoms in total. The molecule has 1 saturated heterocycles. The number of aromatic nitrogens is 2. The van der Waals surface area contributed by atoms with Crippen molar-refractivity contribution in [3.8, 4) is 0 Å². The lowest BCUT2D eigenvalue weighted by Gasteiger charge is -2.31. The van der Waals surface area contributed by atoms with Crippen LogP contribution in [0.2, 0.25) is 0 Å². The Balaban J connectivity index is 1.55. The largest absolute Gasteiger partial charge is 0.470 e. The standard InChI is InChI=1S/C16H22F3N3O2/c17-16(18,19)15-21-20-14(24-15)12-6-3-9-22(10-12)13(23)8-7-11-4-1-2-5-11/h11-12H,1-10H2. The third-order valence-corrected chi connectivity index (χ3v) is 5.05. The zero-order valence-corrected chi connectivity index (χ0v) is 13.5. The predicted molar refractivity (Wildman–Crippen MR) is 79.0 cm³/mol. The highest BCUT2D eigenvalue weighted by Crippen LogP contribution is 2.33. The number of hydrogen-bond donors (Lipinski definition) is 0. The molecule has 1 atom stereocenters. The van der Waals surface area contributed by atoms with Crippen molar-refractivity contribution in [1.29, 1.82) is 0 Å². The first kappa shape index (κ1) is 17.2. The topological polar surface area (TPSA) is 59.2 Å². The van der Waals surface area contributed by atoms with Crippen molar-refractivity contribution in [1.82, 2.24) is 15.1 Å². The molecule has 1 aromatic rings. The molecule has 24 heavy (non-hydrogen) atoms. The number of rotatable bonds is 4. The Kier molecular flexibility index (Phi) is 5.10. The van der Waals surface area contributed by atoms with Gasteiger partial charge in [0, 0.05) is 19.5 Å². The number of alkyl halides is 3. The highest BCUT2D eigenvalue weighted by Gasteiger charge is 2.39. The highest BCUT2D eigenvalue weighted by molar-refractivity contribution is 5.76. The number of nitrogens with zero attached hydrogens (tertiary/aromatic N) is 3. The summed E-state index contributed by atoms with van der Waals surface area (Å²) in [6, 6.07) is 0. The molecule has 0 spiro atoms. The average Bonchev–Trinajstić information content (AvgIpc) is 3.23. The Morgan fingerprint density at radius 1 is 1.17 bits per heavy atom. The van der Waals surface area contributed by atoms with E-state index in [-0.39, 0.29) is 17.7 Å². The first-order valence-corrected chi connectivity index (χ1v) is 8.62. The van der Waals surface area contributed by atoms with Gasteiger partial charge in [-0.1, -0.05) is 25.7 Å². The van der Waals surface area contributed by atoms with Gasteiger partial charge in [-0.15, -0.1) is 10.2 Å². The van der Waals surface area contributed by atoms with Crippen molar-refractivity contribution in [3.63, 3.8) is 0 Å². The molecule has 2 heterocycles. The molecule has 0 N–H and O–H groups in total. The molecule has 0 bridgehead atoms. The summed E-state index contributed by atoms with van der Waals surface area (Å²) in [7, 11) is 0. The highest BCUT2D eigenvalue weighted by atomic mass is 19.4. The molecule has 2 fully saturated rings. The lowest BCUT2D eigenvalue weighted by molar-refractivity contribution is -0.157. The number of carbonyl (C=O) groups excluding carboxylic acids is 1. The molecule has 3 rings (SSSR count). The van der Waals surface area contributed by atoms with Crippen LogP contribution in [0, 0.1) is 5.92 Å². The lowest BCUT2D eigenvalue weighted by Crippen LogP contribution is -2.39. The number of halogens is 3. The fourth-order valence-corrected chi connectivity index (χ4v) is 3.70. The summed E-state index contributed by atoms with van der Waals surface area (Å²) in [5, 5.41) is 6.61. The van der Waals surface area contributed by atoms with Crippen LogP contribution in [0.3, 0.4) is 0 Å². The first-order valence-electron chi connectivity index (χ1n) is 8.62. The van der Waals surface area contributed by atoms with Gasteiger partial charge in [-0.05, 0) is 25.2 Å². The van der Waals surface area contributed by atoms with Gasteiger partial charge in [0.2, 0.25) is 11.8 Å². The summed E-state index contributed by atoms with van der Waals surface area (Å²) in [6.07, 6.45) is 3.13. The Bertz CT molecular complexity index is 567. The van der Waals surface area contributed by atoms with E-state index in [9.17, 15) is 18.0 Å². The summed E-state index contributed by atoms with van der Waals surface area (Å²) in [4.78, 5) is 14.1. The van der Waals surface area contributed by atoms with Gasteiger partial charge in [0.05, 0.1) is 5.92 Å². The molecular weight excluding hydrogens is 323 g/mol. The smallest absolute Gasteiger partial charge is 0.417 e. The fourth-order valence-electron chi connectivity index (χ4n) is 3.70. The van der Waals surface area contributed by atoms with E-state index in [0.29, 0.717) is 31.8 Å². The third kappa shape index (κ3) is 4.08. The van der Waals surface area contributed by atoms with Crippen LogP contribution < -0.4 is 0 Å². The predicted octanol–water partition coefficient (Wildman–Crippen LogP) is 3.76. The molecule has 1 aliphatic carbocycles. The van der Waals surface area contributed by atoms with Crippen LogP contribution in [-0.4, -0.2) is 34.1 Å². The maximum absolute atomic E-state index is 12.6. The minimum Gasteiger partial charge on any atom is -0.417 e. The van der Waals surface area contributed by atoms with Crippen LogP contribution in [0.25, 0.3) is 0 Å². The Morgan fingerprint density at radius 2 is 1.92 bits per heavy atom. The van der Waals surface area contributed by atoms with Crippen LogP contribution in [0.4, 0.5) is 13.2 Å². The lowest BCUT2D eigenvalue weighted by atomic mass is 9.96. The van der Waals surface area contributed by atoms with Gasteiger partial charge < -0.3 is 9.32 Å². The second kappa shape index (κ2) is 7.11. The minimum atomic E-state index is -4.63. The first-order chi connectivity index (χ1) is 11.4. The van der Waals surface area contributed by atoms with E-state index in [1.807, 2.05) is 0 Å². The van der Waals surface area contributed by atoms with Crippen molar-refractivity contribution >= 4 is 5.91 Å². The van der Waals surface area contributed by atoms with E-state index in [1.54, 1.807) is 4.90 Å². The van der Waals surface area contributed by atoms with Crippen molar-refractivity contribution in [2.45, 2.75) is 63.5 Å². The second-order valence-electron chi connectivity index (χ2n) is 6.81. The molecule has 0 aromatic carbocycles. The third-order valence-electron chi connectivity index (χ3n) is 5.05. The van der Waals surface area contributed by atoms with Crippen LogP contribution in [0.1, 0.15) is 69.1 Å². The van der Waals surface area contributed by atoms with Gasteiger partial charge in [0.25, 0.3) is 0 Å². The van der Waals surface area contributed by atoms with Crippen LogP contribution in [0.5, 0.6) is 0 Å². The Morgan fingerprint density at radius 3 is 2.58 bits per heavy atom. The maximum Gasteiger partial charge on any atom is 0.470 e. The zero-order valence-electron chi connectivity index (χ0n) is 13.5. The van der Waals surface area contributed by atoms with E-state index < -0.39 is 12.1 Å². The molecule has 1 aliphatic heterocycles. The normalized spacial score (nSPS) is 23.0. The zero-order chi connectivity index (χ0) is 17.2. The van der Waals surface area contributed by atoms with Crippen LogP contribution in [-0.2, 0) is 11.0 Å². The summed E-state index contributed by atoms with van der Waals surface area (Å²) in [6.45, 7) is 1.02. The van der Waals surface area contributed by atoms with Gasteiger partial charge in [-0.25, -0.2) is 0 Å². The summed E-state index contributed by atoms with van der Waals surface area (Å²) in [5.74, 6) is -0.905. The van der Waals surface area contributed by atoms with Gasteiger partial charge >= 0.3 is 12.1 Å². The van der Waals surface area contributed by atoms with Crippen molar-refractivity contribution in [3.05, 3.63) is 11.8 Å². The molecule has 1 amide bonds. The molecule has 134 valence electrons. The van der Waals surface area contributed by atoms with Crippen LogP contribution >= 0.6 is 0 Å². The molecule has 1 saturated carbocycles. The van der Waals surface area contributed by atoms with Gasteiger partial charge in [0.15, 0.2) is 0 Å². The molecular formula is C16H22F3N3O2. The Labute approximate surface area is 138 Å². The number of hydrogen-bond acceptors (Lipinski definition) is 4. The van der Waals surface area contributed by atoms with E-state index >= 15 is 0 Å². The van der Waals surface area contributed by atoms with E-state index in [4.69, 9.17) is 4.42 Å². The summed E-state index contributed by atoms with van der Waals surface area (Å²) in [5.41, 5.74) is 0. The Hall–Kier alpha value is -1.60. The summed E-state index contributed by atoms with van der Waals surface area (Å²) < 4.78 is 42.5. The molecule has 1 aromatic heterocycles. The number of carbonyl (C=O) groups is 1. The fraction of sp³-hybridized carbons (Fsp3) is 0.812. The van der Waals surface area contributed by atoms with Gasteiger partial charge in [-0.2, -0.15) is 13.2 Å². The maximum atomic E-state index is 12.6. The average molecular weight is 345 g/mol. The van der Waals surface area contributed by atoms with Crippen molar-refractivity contribution < 1.29 is 22.4 Å².